The molecular weight excluding hydrogens is 456 g/mol. The molecule has 1 aliphatic rings. The highest BCUT2D eigenvalue weighted by atomic mass is 79.9. The minimum absolute atomic E-state index is 0.220. The van der Waals surface area contributed by atoms with Gasteiger partial charge >= 0.3 is 0 Å². The average Bonchev–Trinajstić information content (AvgIpc) is 3.21. The Balaban J connectivity index is 1.84. The Labute approximate surface area is 170 Å². The van der Waals surface area contributed by atoms with Gasteiger partial charge in [0, 0.05) is 24.4 Å². The van der Waals surface area contributed by atoms with E-state index in [1.165, 1.54) is 22.7 Å². The number of nitrogens with zero attached hydrogens (tertiary/aromatic N) is 2. The molecule has 2 aromatic heterocycles. The topological polar surface area (TPSA) is 52.8 Å². The zero-order valence-corrected chi connectivity index (χ0v) is 17.9. The van der Waals surface area contributed by atoms with Crippen LogP contribution < -0.4 is 14.3 Å². The number of hydrogen-bond acceptors (Lipinski definition) is 6. The molecule has 0 unspecified atom stereocenters. The van der Waals surface area contributed by atoms with Gasteiger partial charge in [0.15, 0.2) is 16.3 Å². The predicted octanol–water partition coefficient (Wildman–Crippen LogP) is 4.40. The van der Waals surface area contributed by atoms with E-state index in [0.717, 1.165) is 37.8 Å². The fourth-order valence-electron chi connectivity index (χ4n) is 2.66. The fourth-order valence-corrected chi connectivity index (χ4v) is 5.36. The molecule has 0 fully saturated rings. The first-order valence-electron chi connectivity index (χ1n) is 7.92. The van der Waals surface area contributed by atoms with Crippen molar-refractivity contribution in [3.05, 3.63) is 37.7 Å². The van der Waals surface area contributed by atoms with Crippen LogP contribution in [-0.4, -0.2) is 35.7 Å². The van der Waals surface area contributed by atoms with Crippen molar-refractivity contribution < 1.29 is 14.3 Å². The van der Waals surface area contributed by atoms with Crippen LogP contribution in [0.3, 0.4) is 0 Å². The third-order valence-electron chi connectivity index (χ3n) is 3.85. The lowest BCUT2D eigenvalue weighted by atomic mass is 10.2. The fraction of sp³-hybridized carbons (Fsp3) is 0.294. The Morgan fingerprint density at radius 1 is 1.27 bits per heavy atom. The molecule has 3 aromatic rings. The molecule has 0 atom stereocenters. The molecule has 1 amide bonds. The molecule has 0 N–H and O–H groups in total. The molecule has 9 heteroatoms. The van der Waals surface area contributed by atoms with Gasteiger partial charge in [-0.3, -0.25) is 4.79 Å². The van der Waals surface area contributed by atoms with Crippen LogP contribution >= 0.6 is 50.4 Å². The highest BCUT2D eigenvalue weighted by molar-refractivity contribution is 9.11. The minimum atomic E-state index is -0.220. The molecular formula is C17H15BrN2O3S3. The van der Waals surface area contributed by atoms with Crippen molar-refractivity contribution in [2.45, 2.75) is 6.54 Å². The van der Waals surface area contributed by atoms with Crippen molar-refractivity contribution in [2.75, 3.05) is 25.2 Å². The van der Waals surface area contributed by atoms with Crippen LogP contribution in [-0.2, 0) is 6.54 Å². The summed E-state index contributed by atoms with van der Waals surface area (Å²) in [6.07, 6.45) is 2.07. The number of aryl methyl sites for hydroxylation is 1. The number of thiazole rings is 1. The lowest BCUT2D eigenvalue weighted by Crippen LogP contribution is -2.18. The quantitative estimate of drug-likeness (QED) is 0.566. The van der Waals surface area contributed by atoms with Gasteiger partial charge in [-0.05, 0) is 34.3 Å². The Hall–Kier alpha value is -1.29. The van der Waals surface area contributed by atoms with Crippen molar-refractivity contribution in [2.24, 2.45) is 4.99 Å². The number of benzene rings is 1. The molecule has 4 rings (SSSR count). The molecule has 5 nitrogen and oxygen atoms in total. The van der Waals surface area contributed by atoms with E-state index in [2.05, 4.69) is 31.7 Å². The maximum Gasteiger partial charge on any atom is 0.289 e. The second-order valence-corrected chi connectivity index (χ2v) is 9.97. The van der Waals surface area contributed by atoms with Crippen LogP contribution in [0.4, 0.5) is 0 Å². The molecule has 0 aliphatic carbocycles. The summed E-state index contributed by atoms with van der Waals surface area (Å²) in [4.78, 5) is 18.3. The molecule has 0 bridgehead atoms. The summed E-state index contributed by atoms with van der Waals surface area (Å²) in [6, 6.07) is 7.63. The van der Waals surface area contributed by atoms with Crippen LogP contribution in [0.25, 0.3) is 10.2 Å². The first-order chi connectivity index (χ1) is 12.7. The largest absolute Gasteiger partial charge is 0.486 e. The Morgan fingerprint density at radius 2 is 2.04 bits per heavy atom. The number of fused-ring (bicyclic) bond motifs is 2. The van der Waals surface area contributed by atoms with Gasteiger partial charge in [0.05, 0.1) is 18.9 Å². The van der Waals surface area contributed by atoms with Gasteiger partial charge in [-0.25, -0.2) is 0 Å². The molecule has 0 radical (unpaired) electrons. The predicted molar refractivity (Wildman–Crippen MR) is 111 cm³/mol. The van der Waals surface area contributed by atoms with E-state index in [9.17, 15) is 4.79 Å². The van der Waals surface area contributed by atoms with E-state index in [4.69, 9.17) is 9.47 Å². The zero-order chi connectivity index (χ0) is 18.1. The minimum Gasteiger partial charge on any atom is -0.486 e. The Kier molecular flexibility index (Phi) is 5.40. The number of carbonyl (C=O) groups is 1. The first-order valence-corrected chi connectivity index (χ1v) is 11.7. The zero-order valence-electron chi connectivity index (χ0n) is 13.9. The van der Waals surface area contributed by atoms with Gasteiger partial charge in [-0.1, -0.05) is 11.3 Å². The molecule has 136 valence electrons. The van der Waals surface area contributed by atoms with Gasteiger partial charge in [0.2, 0.25) is 0 Å². The molecule has 1 aliphatic heterocycles. The van der Waals surface area contributed by atoms with Crippen molar-refractivity contribution in [1.82, 2.24) is 4.57 Å². The van der Waals surface area contributed by atoms with E-state index in [1.54, 1.807) is 17.8 Å². The lowest BCUT2D eigenvalue weighted by Gasteiger charge is -2.18. The lowest BCUT2D eigenvalue weighted by molar-refractivity contribution is 0.100. The van der Waals surface area contributed by atoms with Crippen LogP contribution in [0, 0.1) is 0 Å². The number of amides is 1. The maximum atomic E-state index is 12.5. The number of thiophene rings is 1. The van der Waals surface area contributed by atoms with Crippen molar-refractivity contribution in [1.29, 1.82) is 0 Å². The van der Waals surface area contributed by atoms with Gasteiger partial charge < -0.3 is 14.0 Å². The van der Waals surface area contributed by atoms with E-state index in [-0.39, 0.29) is 5.91 Å². The number of carbonyl (C=O) groups excluding carboxylic acids is 1. The Bertz CT molecular complexity index is 1040. The van der Waals surface area contributed by atoms with Gasteiger partial charge in [-0.15, -0.1) is 11.3 Å². The summed E-state index contributed by atoms with van der Waals surface area (Å²) >= 11 is 8.04. The van der Waals surface area contributed by atoms with Crippen LogP contribution in [0.15, 0.2) is 33.0 Å². The first kappa shape index (κ1) is 18.1. The standard InChI is InChI=1S/C17H15BrN2O3S3/c1-24-7-4-20-10-8-11-12(23-6-5-22-11)9-14(10)26-17(20)19-16(21)13-2-3-15(18)25-13/h2-3,8-9H,4-7H2,1H3. The monoisotopic (exact) mass is 470 g/mol. The smallest absolute Gasteiger partial charge is 0.289 e. The number of halogens is 1. The molecule has 0 saturated heterocycles. The highest BCUT2D eigenvalue weighted by Gasteiger charge is 2.17. The van der Waals surface area contributed by atoms with E-state index in [1.807, 2.05) is 18.2 Å². The molecule has 1 aromatic carbocycles. The SMILES string of the molecule is CSCCn1c(=NC(=O)c2ccc(Br)s2)sc2cc3c(cc21)OCCO3. The van der Waals surface area contributed by atoms with E-state index < -0.39 is 0 Å². The van der Waals surface area contributed by atoms with Gasteiger partial charge in [-0.2, -0.15) is 16.8 Å². The highest BCUT2D eigenvalue weighted by Crippen LogP contribution is 2.35. The summed E-state index contributed by atoms with van der Waals surface area (Å²) in [6.45, 7) is 1.89. The van der Waals surface area contributed by atoms with Crippen LogP contribution in [0.2, 0.25) is 0 Å². The average molecular weight is 471 g/mol. The molecule has 26 heavy (non-hydrogen) atoms. The number of aromatic nitrogens is 1. The summed E-state index contributed by atoms with van der Waals surface area (Å²) in [5.74, 6) is 2.22. The number of thioether (sulfide) groups is 1. The number of rotatable bonds is 4. The molecule has 0 saturated carbocycles. The Morgan fingerprint density at radius 3 is 2.73 bits per heavy atom. The third-order valence-corrected chi connectivity index (χ3v) is 7.09. The van der Waals surface area contributed by atoms with Crippen LogP contribution in [0.1, 0.15) is 9.67 Å². The second kappa shape index (κ2) is 7.75. The van der Waals surface area contributed by atoms with E-state index >= 15 is 0 Å². The van der Waals surface area contributed by atoms with Gasteiger partial charge in [0.1, 0.15) is 13.2 Å². The van der Waals surface area contributed by atoms with Crippen molar-refractivity contribution in [3.8, 4) is 11.5 Å². The van der Waals surface area contributed by atoms with Crippen LogP contribution in [0.5, 0.6) is 11.5 Å². The van der Waals surface area contributed by atoms with E-state index in [0.29, 0.717) is 22.9 Å². The molecule has 3 heterocycles. The summed E-state index contributed by atoms with van der Waals surface area (Å²) in [5, 5.41) is 0. The third kappa shape index (κ3) is 3.58. The summed E-state index contributed by atoms with van der Waals surface area (Å²) in [7, 11) is 0. The second-order valence-electron chi connectivity index (χ2n) is 5.51. The van der Waals surface area contributed by atoms with Gasteiger partial charge in [0.25, 0.3) is 5.91 Å². The summed E-state index contributed by atoms with van der Waals surface area (Å²) < 4.78 is 15.4. The maximum absolute atomic E-state index is 12.5. The number of ether oxygens (including phenoxy) is 2. The number of hydrogen-bond donors (Lipinski definition) is 0. The van der Waals surface area contributed by atoms with Crippen molar-refractivity contribution in [3.63, 3.8) is 0 Å². The molecule has 0 spiro atoms. The normalized spacial score (nSPS) is 14.2. The summed E-state index contributed by atoms with van der Waals surface area (Å²) in [5.41, 5.74) is 1.02. The van der Waals surface area contributed by atoms with Crippen molar-refractivity contribution >= 4 is 66.5 Å².